The zero-order valence-corrected chi connectivity index (χ0v) is 12.7. The van der Waals surface area contributed by atoms with Crippen LogP contribution in [0.2, 0.25) is 0 Å². The molecule has 1 aromatic heterocycles. The number of hydrogen-bond donors (Lipinski definition) is 1. The van der Waals surface area contributed by atoms with Gasteiger partial charge in [0.25, 0.3) is 5.91 Å². The highest BCUT2D eigenvalue weighted by Crippen LogP contribution is 2.15. The maximum atomic E-state index is 12.2. The van der Waals surface area contributed by atoms with Crippen LogP contribution in [0.4, 0.5) is 5.69 Å². The quantitative estimate of drug-likeness (QED) is 0.941. The molecule has 3 rings (SSSR count). The largest absolute Gasteiger partial charge is 0.376 e. The third-order valence-electron chi connectivity index (χ3n) is 3.83. The minimum Gasteiger partial charge on any atom is -0.376 e. The first-order chi connectivity index (χ1) is 11.2. The minimum absolute atomic E-state index is 0.200. The van der Waals surface area contributed by atoms with Crippen molar-refractivity contribution in [3.63, 3.8) is 0 Å². The van der Waals surface area contributed by atoms with Crippen molar-refractivity contribution in [1.82, 2.24) is 9.78 Å². The van der Waals surface area contributed by atoms with Crippen molar-refractivity contribution in [3.8, 4) is 6.07 Å². The smallest absolute Gasteiger partial charge is 0.255 e. The molecule has 0 spiro atoms. The summed E-state index contributed by atoms with van der Waals surface area (Å²) in [6.07, 6.45) is 7.00. The average Bonchev–Trinajstić information content (AvgIpc) is 3.02. The van der Waals surface area contributed by atoms with E-state index in [0.29, 0.717) is 23.4 Å². The Kier molecular flexibility index (Phi) is 4.69. The number of benzene rings is 1. The van der Waals surface area contributed by atoms with Crippen molar-refractivity contribution in [3.05, 3.63) is 47.8 Å². The molecule has 6 nitrogen and oxygen atoms in total. The molecule has 0 aliphatic carbocycles. The molecule has 1 aromatic carbocycles. The van der Waals surface area contributed by atoms with Gasteiger partial charge in [-0.15, -0.1) is 0 Å². The SMILES string of the molecule is N#Cc1ccc(C(=O)Nc2cnn(CC3CCCCO3)c2)cc1. The molecule has 118 valence electrons. The van der Waals surface area contributed by atoms with Gasteiger partial charge in [0, 0.05) is 18.4 Å². The number of carbonyl (C=O) groups is 1. The van der Waals surface area contributed by atoms with Crippen LogP contribution in [0.5, 0.6) is 0 Å². The van der Waals surface area contributed by atoms with E-state index in [0.717, 1.165) is 19.4 Å². The number of carbonyl (C=O) groups excluding carboxylic acids is 1. The Labute approximate surface area is 134 Å². The normalized spacial score (nSPS) is 17.4. The van der Waals surface area contributed by atoms with Crippen molar-refractivity contribution < 1.29 is 9.53 Å². The third kappa shape index (κ3) is 3.96. The van der Waals surface area contributed by atoms with Crippen LogP contribution in [0.25, 0.3) is 0 Å². The van der Waals surface area contributed by atoms with Gasteiger partial charge in [0.15, 0.2) is 0 Å². The third-order valence-corrected chi connectivity index (χ3v) is 3.83. The van der Waals surface area contributed by atoms with Crippen LogP contribution in [-0.2, 0) is 11.3 Å². The first kappa shape index (κ1) is 15.3. The molecule has 23 heavy (non-hydrogen) atoms. The fourth-order valence-corrected chi connectivity index (χ4v) is 2.59. The molecule has 0 radical (unpaired) electrons. The Hall–Kier alpha value is -2.65. The van der Waals surface area contributed by atoms with E-state index >= 15 is 0 Å². The Balaban J connectivity index is 1.59. The molecule has 1 aliphatic rings. The Morgan fingerprint density at radius 2 is 2.22 bits per heavy atom. The topological polar surface area (TPSA) is 79.9 Å². The van der Waals surface area contributed by atoms with Crippen LogP contribution in [0.1, 0.15) is 35.2 Å². The number of nitrogens with zero attached hydrogens (tertiary/aromatic N) is 3. The van der Waals surface area contributed by atoms with Gasteiger partial charge in [-0.25, -0.2) is 0 Å². The monoisotopic (exact) mass is 310 g/mol. The van der Waals surface area contributed by atoms with Crippen molar-refractivity contribution in [2.45, 2.75) is 31.9 Å². The van der Waals surface area contributed by atoms with Gasteiger partial charge < -0.3 is 10.1 Å². The van der Waals surface area contributed by atoms with Gasteiger partial charge in [-0.05, 0) is 43.5 Å². The summed E-state index contributed by atoms with van der Waals surface area (Å²) in [6, 6.07) is 8.54. The van der Waals surface area contributed by atoms with Crippen molar-refractivity contribution >= 4 is 11.6 Å². The van der Waals surface area contributed by atoms with E-state index < -0.39 is 0 Å². The summed E-state index contributed by atoms with van der Waals surface area (Å²) in [4.78, 5) is 12.2. The van der Waals surface area contributed by atoms with Crippen molar-refractivity contribution in [1.29, 1.82) is 5.26 Å². The van der Waals surface area contributed by atoms with Gasteiger partial charge in [0.05, 0.1) is 36.2 Å². The molecule has 2 heterocycles. The first-order valence-electron chi connectivity index (χ1n) is 7.70. The lowest BCUT2D eigenvalue weighted by Gasteiger charge is -2.22. The van der Waals surface area contributed by atoms with Crippen molar-refractivity contribution in [2.75, 3.05) is 11.9 Å². The van der Waals surface area contributed by atoms with Crippen LogP contribution >= 0.6 is 0 Å². The van der Waals surface area contributed by atoms with Gasteiger partial charge in [-0.1, -0.05) is 0 Å². The summed E-state index contributed by atoms with van der Waals surface area (Å²) in [5, 5.41) is 15.8. The average molecular weight is 310 g/mol. The van der Waals surface area contributed by atoms with Crippen LogP contribution < -0.4 is 5.32 Å². The fraction of sp³-hybridized carbons (Fsp3) is 0.353. The van der Waals surface area contributed by atoms with E-state index in [1.165, 1.54) is 6.42 Å². The lowest BCUT2D eigenvalue weighted by Crippen LogP contribution is -2.24. The second kappa shape index (κ2) is 7.07. The summed E-state index contributed by atoms with van der Waals surface area (Å²) in [6.45, 7) is 1.51. The number of nitriles is 1. The number of hydrogen-bond acceptors (Lipinski definition) is 4. The van der Waals surface area contributed by atoms with E-state index in [1.807, 2.05) is 6.07 Å². The standard InChI is InChI=1S/C17H18N4O2/c18-9-13-4-6-14(7-5-13)17(22)20-15-10-19-21(11-15)12-16-3-1-2-8-23-16/h4-7,10-11,16H,1-3,8,12H2,(H,20,22). The van der Waals surface area contributed by atoms with Gasteiger partial charge in [-0.3, -0.25) is 9.48 Å². The molecule has 0 bridgehead atoms. The Morgan fingerprint density at radius 3 is 2.91 bits per heavy atom. The second-order valence-corrected chi connectivity index (χ2v) is 5.58. The summed E-state index contributed by atoms with van der Waals surface area (Å²) < 4.78 is 7.48. The maximum Gasteiger partial charge on any atom is 0.255 e. The highest BCUT2D eigenvalue weighted by Gasteiger charge is 2.15. The highest BCUT2D eigenvalue weighted by molar-refractivity contribution is 6.04. The second-order valence-electron chi connectivity index (χ2n) is 5.58. The van der Waals surface area contributed by atoms with E-state index in [1.54, 1.807) is 41.3 Å². The number of nitrogens with one attached hydrogen (secondary N) is 1. The lowest BCUT2D eigenvalue weighted by atomic mass is 10.1. The number of ether oxygens (including phenoxy) is 1. The van der Waals surface area contributed by atoms with Crippen LogP contribution in [0.3, 0.4) is 0 Å². The lowest BCUT2D eigenvalue weighted by molar-refractivity contribution is 0.00401. The molecular formula is C17H18N4O2. The highest BCUT2D eigenvalue weighted by atomic mass is 16.5. The number of anilines is 1. The van der Waals surface area contributed by atoms with E-state index in [2.05, 4.69) is 10.4 Å². The molecule has 6 heteroatoms. The number of rotatable bonds is 4. The zero-order chi connectivity index (χ0) is 16.1. The predicted octanol–water partition coefficient (Wildman–Crippen LogP) is 2.58. The van der Waals surface area contributed by atoms with Crippen LogP contribution in [0, 0.1) is 11.3 Å². The van der Waals surface area contributed by atoms with Crippen LogP contribution in [0.15, 0.2) is 36.7 Å². The van der Waals surface area contributed by atoms with Gasteiger partial charge in [-0.2, -0.15) is 10.4 Å². The number of aromatic nitrogens is 2. The molecule has 1 unspecified atom stereocenters. The summed E-state index contributed by atoms with van der Waals surface area (Å²) in [7, 11) is 0. The van der Waals surface area contributed by atoms with E-state index in [4.69, 9.17) is 10.00 Å². The molecule has 1 atom stereocenters. The van der Waals surface area contributed by atoms with Gasteiger partial charge in [0.1, 0.15) is 0 Å². The molecule has 0 saturated carbocycles. The molecule has 2 aromatic rings. The number of amides is 1. The summed E-state index contributed by atoms with van der Waals surface area (Å²) >= 11 is 0. The van der Waals surface area contributed by atoms with Crippen molar-refractivity contribution in [2.24, 2.45) is 0 Å². The van der Waals surface area contributed by atoms with Gasteiger partial charge in [0.2, 0.25) is 0 Å². The van der Waals surface area contributed by atoms with Crippen LogP contribution in [-0.4, -0.2) is 28.4 Å². The van der Waals surface area contributed by atoms with E-state index in [9.17, 15) is 4.79 Å². The molecule has 1 fully saturated rings. The Bertz CT molecular complexity index is 709. The molecular weight excluding hydrogens is 292 g/mol. The molecule has 1 saturated heterocycles. The summed E-state index contributed by atoms with van der Waals surface area (Å²) in [5.74, 6) is -0.219. The predicted molar refractivity (Wildman–Crippen MR) is 84.9 cm³/mol. The Morgan fingerprint density at radius 1 is 1.39 bits per heavy atom. The summed E-state index contributed by atoms with van der Waals surface area (Å²) in [5.41, 5.74) is 1.68. The zero-order valence-electron chi connectivity index (χ0n) is 12.7. The fourth-order valence-electron chi connectivity index (χ4n) is 2.59. The maximum absolute atomic E-state index is 12.2. The van der Waals surface area contributed by atoms with Gasteiger partial charge >= 0.3 is 0 Å². The van der Waals surface area contributed by atoms with E-state index in [-0.39, 0.29) is 12.0 Å². The molecule has 1 amide bonds. The molecule has 1 N–H and O–H groups in total. The molecule has 1 aliphatic heterocycles. The minimum atomic E-state index is -0.219. The first-order valence-corrected chi connectivity index (χ1v) is 7.70.